The molecule has 0 spiro atoms. The molecule has 2 rings (SSSR count). The molecule has 0 amide bonds. The molecule has 1 aliphatic rings. The van der Waals surface area contributed by atoms with Gasteiger partial charge in [0.1, 0.15) is 12.4 Å². The molecule has 3 N–H and O–H groups in total. The smallest absolute Gasteiger partial charge is 0.147 e. The number of rotatable bonds is 1. The highest BCUT2D eigenvalue weighted by molar-refractivity contribution is 5.62. The van der Waals surface area contributed by atoms with Crippen molar-refractivity contribution in [1.29, 1.82) is 0 Å². The molecule has 0 aromatic heterocycles. The summed E-state index contributed by atoms with van der Waals surface area (Å²) in [5.41, 5.74) is 7.74. The van der Waals surface area contributed by atoms with Gasteiger partial charge in [0.25, 0.3) is 0 Å². The van der Waals surface area contributed by atoms with Gasteiger partial charge in [-0.25, -0.2) is 0 Å². The molecule has 3 heteroatoms. The summed E-state index contributed by atoms with van der Waals surface area (Å²) in [4.78, 5) is 0. The number of nitrogens with two attached hydrogens (primary N) is 1. The average molecular weight is 192 g/mol. The van der Waals surface area contributed by atoms with Gasteiger partial charge in [-0.1, -0.05) is 12.1 Å². The summed E-state index contributed by atoms with van der Waals surface area (Å²) >= 11 is 0. The molecule has 0 bridgehead atoms. The molecular formula is C11H16N2O. The Kier molecular flexibility index (Phi) is 2.11. The van der Waals surface area contributed by atoms with Crippen LogP contribution >= 0.6 is 0 Å². The minimum absolute atomic E-state index is 0.000220. The lowest BCUT2D eigenvalue weighted by molar-refractivity contribution is 0.240. The monoisotopic (exact) mass is 192 g/mol. The lowest BCUT2D eigenvalue weighted by atomic mass is 10.0. The van der Waals surface area contributed by atoms with Gasteiger partial charge in [-0.2, -0.15) is 0 Å². The van der Waals surface area contributed by atoms with Crippen molar-refractivity contribution >= 4 is 5.69 Å². The van der Waals surface area contributed by atoms with Crippen LogP contribution in [0.3, 0.4) is 0 Å². The van der Waals surface area contributed by atoms with Crippen LogP contribution in [-0.2, 0) is 6.54 Å². The van der Waals surface area contributed by atoms with E-state index in [0.717, 1.165) is 17.0 Å². The molecule has 0 fully saturated rings. The zero-order chi connectivity index (χ0) is 10.2. The predicted octanol–water partition coefficient (Wildman–Crippen LogP) is 1.73. The maximum absolute atomic E-state index is 5.72. The van der Waals surface area contributed by atoms with Gasteiger partial charge in [-0.3, -0.25) is 0 Å². The minimum Gasteiger partial charge on any atom is -0.489 e. The normalized spacial score (nSPS) is 17.9. The summed E-state index contributed by atoms with van der Waals surface area (Å²) < 4.78 is 5.72. The van der Waals surface area contributed by atoms with Crippen LogP contribution in [0.1, 0.15) is 19.4 Å². The third-order valence-electron chi connectivity index (χ3n) is 2.37. The number of ether oxygens (including phenoxy) is 1. The maximum Gasteiger partial charge on any atom is 0.147 e. The first-order valence-corrected chi connectivity index (χ1v) is 4.85. The van der Waals surface area contributed by atoms with Gasteiger partial charge >= 0.3 is 0 Å². The highest BCUT2D eigenvalue weighted by atomic mass is 16.5. The zero-order valence-electron chi connectivity index (χ0n) is 8.63. The lowest BCUT2D eigenvalue weighted by Gasteiger charge is -2.34. The highest BCUT2D eigenvalue weighted by Gasteiger charge is 2.26. The Hall–Kier alpha value is -1.22. The fraction of sp³-hybridized carbons (Fsp3) is 0.455. The van der Waals surface area contributed by atoms with E-state index in [9.17, 15) is 0 Å². The Morgan fingerprint density at radius 3 is 3.00 bits per heavy atom. The van der Waals surface area contributed by atoms with Gasteiger partial charge in [0, 0.05) is 12.1 Å². The quantitative estimate of drug-likeness (QED) is 0.712. The largest absolute Gasteiger partial charge is 0.489 e. The Bertz CT molecular complexity index is 347. The van der Waals surface area contributed by atoms with Crippen molar-refractivity contribution in [3.63, 3.8) is 0 Å². The SMILES string of the molecule is CC1(C)COc2c(CN)cccc2N1. The molecule has 14 heavy (non-hydrogen) atoms. The van der Waals surface area contributed by atoms with E-state index < -0.39 is 0 Å². The number of fused-ring (bicyclic) bond motifs is 1. The molecule has 0 saturated heterocycles. The van der Waals surface area contributed by atoms with E-state index in [-0.39, 0.29) is 5.54 Å². The van der Waals surface area contributed by atoms with Crippen LogP contribution in [0.15, 0.2) is 18.2 Å². The van der Waals surface area contributed by atoms with E-state index in [1.54, 1.807) is 0 Å². The summed E-state index contributed by atoms with van der Waals surface area (Å²) in [6.07, 6.45) is 0. The number of anilines is 1. The topological polar surface area (TPSA) is 47.3 Å². The van der Waals surface area contributed by atoms with E-state index in [0.29, 0.717) is 13.2 Å². The summed E-state index contributed by atoms with van der Waals surface area (Å²) in [6.45, 7) is 5.43. The third kappa shape index (κ3) is 1.55. The summed E-state index contributed by atoms with van der Waals surface area (Å²) in [6, 6.07) is 6.02. The summed E-state index contributed by atoms with van der Waals surface area (Å²) in [5.74, 6) is 0.911. The fourth-order valence-corrected chi connectivity index (χ4v) is 1.67. The molecule has 1 aliphatic heterocycles. The summed E-state index contributed by atoms with van der Waals surface area (Å²) in [7, 11) is 0. The highest BCUT2D eigenvalue weighted by Crippen LogP contribution is 2.35. The number of hydrogen-bond donors (Lipinski definition) is 2. The Labute approximate surface area is 84.3 Å². The van der Waals surface area contributed by atoms with Crippen LogP contribution in [0, 0.1) is 0 Å². The average Bonchev–Trinajstić information content (AvgIpc) is 2.15. The van der Waals surface area contributed by atoms with Crippen LogP contribution in [0.5, 0.6) is 5.75 Å². The molecule has 0 aliphatic carbocycles. The zero-order valence-corrected chi connectivity index (χ0v) is 8.63. The van der Waals surface area contributed by atoms with Crippen LogP contribution in [0.25, 0.3) is 0 Å². The van der Waals surface area contributed by atoms with E-state index in [1.807, 2.05) is 18.2 Å². The fourth-order valence-electron chi connectivity index (χ4n) is 1.67. The van der Waals surface area contributed by atoms with Crippen LogP contribution in [0.2, 0.25) is 0 Å². The van der Waals surface area contributed by atoms with Crippen molar-refractivity contribution in [3.05, 3.63) is 23.8 Å². The van der Waals surface area contributed by atoms with Crippen LogP contribution in [0.4, 0.5) is 5.69 Å². The molecule has 76 valence electrons. The second-order valence-corrected chi connectivity index (χ2v) is 4.30. The molecule has 0 radical (unpaired) electrons. The van der Waals surface area contributed by atoms with Crippen molar-refractivity contribution in [2.75, 3.05) is 11.9 Å². The van der Waals surface area contributed by atoms with Crippen molar-refractivity contribution in [2.24, 2.45) is 5.73 Å². The van der Waals surface area contributed by atoms with Crippen molar-refractivity contribution in [2.45, 2.75) is 25.9 Å². The van der Waals surface area contributed by atoms with Crippen molar-refractivity contribution in [1.82, 2.24) is 0 Å². The van der Waals surface area contributed by atoms with Gasteiger partial charge in [0.05, 0.1) is 11.2 Å². The van der Waals surface area contributed by atoms with Gasteiger partial charge in [-0.05, 0) is 19.9 Å². The lowest BCUT2D eigenvalue weighted by Crippen LogP contribution is -2.41. The molecule has 0 atom stereocenters. The predicted molar refractivity (Wildman–Crippen MR) is 57.5 cm³/mol. The van der Waals surface area contributed by atoms with Crippen LogP contribution < -0.4 is 15.8 Å². The van der Waals surface area contributed by atoms with E-state index >= 15 is 0 Å². The van der Waals surface area contributed by atoms with Crippen LogP contribution in [-0.4, -0.2) is 12.1 Å². The van der Waals surface area contributed by atoms with Gasteiger partial charge in [0.15, 0.2) is 0 Å². The second kappa shape index (κ2) is 3.17. The first-order valence-electron chi connectivity index (χ1n) is 4.85. The minimum atomic E-state index is 0.000220. The first kappa shape index (κ1) is 9.34. The van der Waals surface area contributed by atoms with Gasteiger partial charge < -0.3 is 15.8 Å². The Morgan fingerprint density at radius 1 is 1.50 bits per heavy atom. The first-order chi connectivity index (χ1) is 6.62. The number of nitrogens with one attached hydrogen (secondary N) is 1. The number of para-hydroxylation sites is 1. The van der Waals surface area contributed by atoms with E-state index in [1.165, 1.54) is 0 Å². The molecular weight excluding hydrogens is 176 g/mol. The standard InChI is InChI=1S/C11H16N2O/c1-11(2)7-14-10-8(6-12)4-3-5-9(10)13-11/h3-5,13H,6-7,12H2,1-2H3. The van der Waals surface area contributed by atoms with E-state index in [2.05, 4.69) is 19.2 Å². The van der Waals surface area contributed by atoms with Crippen molar-refractivity contribution < 1.29 is 4.74 Å². The molecule has 1 aromatic carbocycles. The Balaban J connectivity index is 2.40. The molecule has 1 aromatic rings. The number of hydrogen-bond acceptors (Lipinski definition) is 3. The third-order valence-corrected chi connectivity index (χ3v) is 2.37. The molecule has 0 unspecified atom stereocenters. The van der Waals surface area contributed by atoms with Gasteiger partial charge in [-0.15, -0.1) is 0 Å². The summed E-state index contributed by atoms with van der Waals surface area (Å²) in [5, 5.41) is 3.43. The maximum atomic E-state index is 5.72. The Morgan fingerprint density at radius 2 is 2.29 bits per heavy atom. The molecule has 3 nitrogen and oxygen atoms in total. The molecule has 1 heterocycles. The second-order valence-electron chi connectivity index (χ2n) is 4.30. The van der Waals surface area contributed by atoms with Gasteiger partial charge in [0.2, 0.25) is 0 Å². The number of benzene rings is 1. The van der Waals surface area contributed by atoms with E-state index in [4.69, 9.17) is 10.5 Å². The van der Waals surface area contributed by atoms with Crippen molar-refractivity contribution in [3.8, 4) is 5.75 Å². The molecule has 0 saturated carbocycles.